The Morgan fingerprint density at radius 2 is 2.03 bits per heavy atom. The summed E-state index contributed by atoms with van der Waals surface area (Å²) in [6.07, 6.45) is -4.75. The monoisotopic (exact) mass is 424 g/mol. The van der Waals surface area contributed by atoms with E-state index < -0.39 is 6.36 Å². The van der Waals surface area contributed by atoms with Crippen LogP contribution in [-0.2, 0) is 4.79 Å². The molecule has 1 amide bonds. The summed E-state index contributed by atoms with van der Waals surface area (Å²) in [7, 11) is 0. The van der Waals surface area contributed by atoms with E-state index >= 15 is 0 Å². The number of benzene rings is 1. The Morgan fingerprint density at radius 1 is 1.28 bits per heavy atom. The molecule has 0 spiro atoms. The Bertz CT molecular complexity index is 967. The number of nitrogens with one attached hydrogen (secondary N) is 1. The highest BCUT2D eigenvalue weighted by Crippen LogP contribution is 2.28. The predicted molar refractivity (Wildman–Crippen MR) is 98.5 cm³/mol. The summed E-state index contributed by atoms with van der Waals surface area (Å²) in [5.74, 6) is 0.555. The van der Waals surface area contributed by atoms with Gasteiger partial charge in [-0.3, -0.25) is 9.69 Å². The smallest absolute Gasteiger partial charge is 0.406 e. The fourth-order valence-corrected chi connectivity index (χ4v) is 3.54. The molecule has 1 aliphatic rings. The van der Waals surface area contributed by atoms with Crippen molar-refractivity contribution in [3.05, 3.63) is 47.0 Å². The lowest BCUT2D eigenvalue weighted by Crippen LogP contribution is -2.48. The van der Waals surface area contributed by atoms with Gasteiger partial charge in [0, 0.05) is 29.7 Å². The van der Waals surface area contributed by atoms with E-state index in [1.54, 1.807) is 11.3 Å². The lowest BCUT2D eigenvalue weighted by atomic mass is 10.0. The average Bonchev–Trinajstić information content (AvgIpc) is 3.29. The van der Waals surface area contributed by atoms with Gasteiger partial charge in [0.05, 0.1) is 12.5 Å². The van der Waals surface area contributed by atoms with Gasteiger partial charge in [-0.1, -0.05) is 5.16 Å². The molecule has 1 aromatic carbocycles. The van der Waals surface area contributed by atoms with E-state index in [1.807, 2.05) is 21.7 Å². The Hall–Kier alpha value is -2.92. The van der Waals surface area contributed by atoms with Crippen LogP contribution in [-0.4, -0.2) is 46.9 Å². The van der Waals surface area contributed by atoms with Crippen LogP contribution in [0, 0.1) is 0 Å². The number of halogens is 3. The van der Waals surface area contributed by atoms with E-state index in [-0.39, 0.29) is 24.1 Å². The minimum Gasteiger partial charge on any atom is -0.406 e. The third-order valence-corrected chi connectivity index (χ3v) is 4.95. The number of carbonyl (C=O) groups excluding carboxylic acids is 1. The summed E-state index contributed by atoms with van der Waals surface area (Å²) >= 11 is 1.55. The summed E-state index contributed by atoms with van der Waals surface area (Å²) in [4.78, 5) is 18.4. The number of anilines is 1. The molecule has 11 heteroatoms. The number of amides is 1. The van der Waals surface area contributed by atoms with Crippen LogP contribution < -0.4 is 10.1 Å². The Kier molecular flexibility index (Phi) is 5.24. The molecule has 152 valence electrons. The van der Waals surface area contributed by atoms with Crippen LogP contribution in [0.1, 0.15) is 11.8 Å². The second-order valence-corrected chi connectivity index (χ2v) is 7.26. The minimum absolute atomic E-state index is 0.0708. The topological polar surface area (TPSA) is 80.5 Å². The minimum atomic E-state index is -4.75. The zero-order valence-electron chi connectivity index (χ0n) is 14.8. The molecule has 0 aliphatic carbocycles. The van der Waals surface area contributed by atoms with Crippen LogP contribution >= 0.6 is 11.3 Å². The van der Waals surface area contributed by atoms with Crippen molar-refractivity contribution in [3.8, 4) is 17.1 Å². The molecule has 0 unspecified atom stereocenters. The first-order valence-corrected chi connectivity index (χ1v) is 9.54. The van der Waals surface area contributed by atoms with Gasteiger partial charge in [0.1, 0.15) is 5.75 Å². The van der Waals surface area contributed by atoms with E-state index in [0.717, 1.165) is 17.7 Å². The lowest BCUT2D eigenvalue weighted by molar-refractivity contribution is -0.274. The number of aromatic nitrogens is 2. The zero-order chi connectivity index (χ0) is 20.4. The van der Waals surface area contributed by atoms with Gasteiger partial charge in [-0.05, 0) is 35.7 Å². The summed E-state index contributed by atoms with van der Waals surface area (Å²) in [5.41, 5.74) is 1.30. The molecule has 0 saturated carbocycles. The maximum atomic E-state index is 12.2. The number of likely N-dealkylation sites (tertiary alicyclic amines) is 1. The lowest BCUT2D eigenvalue weighted by Gasteiger charge is -2.36. The molecule has 0 bridgehead atoms. The van der Waals surface area contributed by atoms with Crippen LogP contribution in [0.2, 0.25) is 0 Å². The first kappa shape index (κ1) is 19.4. The molecule has 2 aromatic heterocycles. The van der Waals surface area contributed by atoms with Crippen molar-refractivity contribution in [1.82, 2.24) is 15.0 Å². The van der Waals surface area contributed by atoms with Gasteiger partial charge < -0.3 is 14.6 Å². The number of hydrogen-bond donors (Lipinski definition) is 1. The van der Waals surface area contributed by atoms with Crippen molar-refractivity contribution < 1.29 is 27.2 Å². The summed E-state index contributed by atoms with van der Waals surface area (Å²) in [6, 6.07) is 6.90. The van der Waals surface area contributed by atoms with Gasteiger partial charge in [-0.15, -0.1) is 13.2 Å². The fourth-order valence-electron chi connectivity index (χ4n) is 2.91. The molecule has 1 aliphatic heterocycles. The molecule has 1 saturated heterocycles. The van der Waals surface area contributed by atoms with Gasteiger partial charge in [-0.25, -0.2) is 0 Å². The number of thiophene rings is 1. The summed E-state index contributed by atoms with van der Waals surface area (Å²) in [5, 5.41) is 10.5. The third-order valence-electron chi connectivity index (χ3n) is 4.27. The standard InChI is InChI=1S/C18H15F3N4O3S/c19-18(20,21)27-14-3-1-13(2-4-14)22-15(26)9-25-7-12(8-25)17-23-16(24-28-17)11-5-6-29-10-11/h1-6,10,12H,7-9H2,(H,22,26). The van der Waals surface area contributed by atoms with Crippen molar-refractivity contribution in [2.45, 2.75) is 12.3 Å². The second-order valence-electron chi connectivity index (χ2n) is 6.48. The number of alkyl halides is 3. The molecular weight excluding hydrogens is 409 g/mol. The highest BCUT2D eigenvalue weighted by Gasteiger charge is 2.34. The number of nitrogens with zero attached hydrogens (tertiary/aromatic N) is 3. The molecule has 7 nitrogen and oxygen atoms in total. The second kappa shape index (κ2) is 7.84. The Morgan fingerprint density at radius 3 is 2.69 bits per heavy atom. The SMILES string of the molecule is O=C(CN1CC(c2nc(-c3ccsc3)no2)C1)Nc1ccc(OC(F)(F)F)cc1. The molecule has 29 heavy (non-hydrogen) atoms. The Balaban J connectivity index is 1.24. The van der Waals surface area contributed by atoms with E-state index in [4.69, 9.17) is 4.52 Å². The van der Waals surface area contributed by atoms with E-state index in [9.17, 15) is 18.0 Å². The van der Waals surface area contributed by atoms with Crippen LogP contribution in [0.4, 0.5) is 18.9 Å². The van der Waals surface area contributed by atoms with Gasteiger partial charge >= 0.3 is 6.36 Å². The molecule has 4 rings (SSSR count). The normalized spacial score (nSPS) is 15.1. The largest absolute Gasteiger partial charge is 0.573 e. The van der Waals surface area contributed by atoms with E-state index in [1.165, 1.54) is 12.1 Å². The molecule has 0 radical (unpaired) electrons. The van der Waals surface area contributed by atoms with Crippen LogP contribution in [0.5, 0.6) is 5.75 Å². The molecule has 3 aromatic rings. The van der Waals surface area contributed by atoms with Gasteiger partial charge in [0.15, 0.2) is 0 Å². The third kappa shape index (κ3) is 4.93. The number of rotatable bonds is 6. The summed E-state index contributed by atoms with van der Waals surface area (Å²) in [6.45, 7) is 1.37. The average molecular weight is 424 g/mol. The Labute approximate surface area is 167 Å². The fraction of sp³-hybridized carbons (Fsp3) is 0.278. The number of ether oxygens (including phenoxy) is 1. The van der Waals surface area contributed by atoms with Crippen molar-refractivity contribution in [2.75, 3.05) is 25.0 Å². The van der Waals surface area contributed by atoms with Gasteiger partial charge in [-0.2, -0.15) is 16.3 Å². The molecule has 1 N–H and O–H groups in total. The zero-order valence-corrected chi connectivity index (χ0v) is 15.7. The summed E-state index contributed by atoms with van der Waals surface area (Å²) < 4.78 is 45.6. The van der Waals surface area contributed by atoms with Gasteiger partial charge in [0.25, 0.3) is 0 Å². The highest BCUT2D eigenvalue weighted by atomic mass is 32.1. The van der Waals surface area contributed by atoms with Gasteiger partial charge in [0.2, 0.25) is 17.6 Å². The number of hydrogen-bond acceptors (Lipinski definition) is 7. The highest BCUT2D eigenvalue weighted by molar-refractivity contribution is 7.08. The molecule has 0 atom stereocenters. The molecule has 3 heterocycles. The predicted octanol–water partition coefficient (Wildman–Crippen LogP) is 3.73. The van der Waals surface area contributed by atoms with Crippen LogP contribution in [0.15, 0.2) is 45.6 Å². The van der Waals surface area contributed by atoms with Crippen molar-refractivity contribution in [1.29, 1.82) is 0 Å². The number of carbonyl (C=O) groups is 1. The van der Waals surface area contributed by atoms with Crippen molar-refractivity contribution >= 4 is 22.9 Å². The maximum Gasteiger partial charge on any atom is 0.573 e. The quantitative estimate of drug-likeness (QED) is 0.650. The van der Waals surface area contributed by atoms with Crippen LogP contribution in [0.3, 0.4) is 0 Å². The van der Waals surface area contributed by atoms with Crippen molar-refractivity contribution in [3.63, 3.8) is 0 Å². The first-order valence-electron chi connectivity index (χ1n) is 8.60. The molecule has 1 fully saturated rings. The van der Waals surface area contributed by atoms with E-state index in [2.05, 4.69) is 20.2 Å². The maximum absolute atomic E-state index is 12.2. The van der Waals surface area contributed by atoms with E-state index in [0.29, 0.717) is 30.5 Å². The van der Waals surface area contributed by atoms with Crippen LogP contribution in [0.25, 0.3) is 11.4 Å². The van der Waals surface area contributed by atoms with Crippen molar-refractivity contribution in [2.24, 2.45) is 0 Å². The molecular formula is C18H15F3N4O3S. The first-order chi connectivity index (χ1) is 13.9.